The van der Waals surface area contributed by atoms with Crippen LogP contribution in [0.15, 0.2) is 36.5 Å². The van der Waals surface area contributed by atoms with Crippen LogP contribution >= 0.6 is 23.2 Å². The summed E-state index contributed by atoms with van der Waals surface area (Å²) in [6.45, 7) is 3.01. The number of rotatable bonds is 5. The number of nitrogens with one attached hydrogen (secondary N) is 1. The van der Waals surface area contributed by atoms with Gasteiger partial charge in [-0.1, -0.05) is 29.3 Å². The Morgan fingerprint density at radius 3 is 2.58 bits per heavy atom. The molecule has 0 atom stereocenters. The Hall–Kier alpha value is -1.45. The summed E-state index contributed by atoms with van der Waals surface area (Å²) >= 11 is 12.3. The van der Waals surface area contributed by atoms with Gasteiger partial charge in [0.1, 0.15) is 0 Å². The molecule has 0 spiro atoms. The average Bonchev–Trinajstić information content (AvgIpc) is 2.40. The van der Waals surface area contributed by atoms with Gasteiger partial charge in [0.2, 0.25) is 5.88 Å². The second-order valence-corrected chi connectivity index (χ2v) is 4.66. The molecule has 1 aromatic heterocycles. The van der Waals surface area contributed by atoms with Crippen molar-refractivity contribution in [2.24, 2.45) is 0 Å². The highest BCUT2D eigenvalue weighted by molar-refractivity contribution is 6.36. The van der Waals surface area contributed by atoms with Crippen LogP contribution in [0.4, 0.5) is 5.69 Å². The number of hydrogen-bond acceptors (Lipinski definition) is 3. The third-order valence-corrected chi connectivity index (χ3v) is 3.28. The average molecular weight is 297 g/mol. The lowest BCUT2D eigenvalue weighted by atomic mass is 10.2. The van der Waals surface area contributed by atoms with Gasteiger partial charge in [-0.25, -0.2) is 4.98 Å². The second-order valence-electron chi connectivity index (χ2n) is 3.84. The SMILES string of the molecule is CCOc1ncccc1NCc1c(Cl)cccc1Cl. The molecule has 1 heterocycles. The van der Waals surface area contributed by atoms with Crippen molar-refractivity contribution < 1.29 is 4.74 Å². The van der Waals surface area contributed by atoms with Crippen LogP contribution in [0, 0.1) is 0 Å². The van der Waals surface area contributed by atoms with Crippen molar-refractivity contribution in [3.63, 3.8) is 0 Å². The van der Waals surface area contributed by atoms with Crippen LogP contribution in [0.25, 0.3) is 0 Å². The number of benzene rings is 1. The maximum absolute atomic E-state index is 6.13. The highest BCUT2D eigenvalue weighted by Gasteiger charge is 2.08. The topological polar surface area (TPSA) is 34.1 Å². The minimum absolute atomic E-state index is 0.518. The van der Waals surface area contributed by atoms with E-state index in [-0.39, 0.29) is 0 Å². The molecule has 0 saturated heterocycles. The number of aromatic nitrogens is 1. The van der Waals surface area contributed by atoms with Crippen molar-refractivity contribution in [2.75, 3.05) is 11.9 Å². The fourth-order valence-electron chi connectivity index (χ4n) is 1.66. The molecule has 100 valence electrons. The normalized spacial score (nSPS) is 10.3. The van der Waals surface area contributed by atoms with Gasteiger partial charge in [-0.15, -0.1) is 0 Å². The van der Waals surface area contributed by atoms with Gasteiger partial charge in [0.25, 0.3) is 0 Å². The summed E-state index contributed by atoms with van der Waals surface area (Å²) in [5.74, 6) is 0.577. The zero-order valence-corrected chi connectivity index (χ0v) is 12.0. The summed E-state index contributed by atoms with van der Waals surface area (Å²) in [6.07, 6.45) is 1.69. The molecular weight excluding hydrogens is 283 g/mol. The summed E-state index contributed by atoms with van der Waals surface area (Å²) in [7, 11) is 0. The van der Waals surface area contributed by atoms with Gasteiger partial charge in [0.15, 0.2) is 0 Å². The van der Waals surface area contributed by atoms with E-state index < -0.39 is 0 Å². The Morgan fingerprint density at radius 2 is 1.89 bits per heavy atom. The molecule has 5 heteroatoms. The summed E-state index contributed by atoms with van der Waals surface area (Å²) in [5.41, 5.74) is 1.68. The molecule has 3 nitrogen and oxygen atoms in total. The fourth-order valence-corrected chi connectivity index (χ4v) is 2.19. The van der Waals surface area contributed by atoms with Crippen molar-refractivity contribution in [1.29, 1.82) is 0 Å². The van der Waals surface area contributed by atoms with Gasteiger partial charge >= 0.3 is 0 Å². The molecule has 0 unspecified atom stereocenters. The number of nitrogens with zero attached hydrogens (tertiary/aromatic N) is 1. The molecule has 0 fully saturated rings. The number of pyridine rings is 1. The first kappa shape index (κ1) is 14.0. The van der Waals surface area contributed by atoms with E-state index in [1.54, 1.807) is 6.20 Å². The minimum atomic E-state index is 0.518. The van der Waals surface area contributed by atoms with Gasteiger partial charge < -0.3 is 10.1 Å². The molecule has 0 aliphatic heterocycles. The Labute approximate surface area is 122 Å². The van der Waals surface area contributed by atoms with Crippen LogP contribution in [0.3, 0.4) is 0 Å². The fraction of sp³-hybridized carbons (Fsp3) is 0.214. The van der Waals surface area contributed by atoms with E-state index in [2.05, 4.69) is 10.3 Å². The van der Waals surface area contributed by atoms with Crippen molar-refractivity contribution >= 4 is 28.9 Å². The van der Waals surface area contributed by atoms with Crippen LogP contribution in [0.2, 0.25) is 10.0 Å². The first-order valence-electron chi connectivity index (χ1n) is 5.97. The van der Waals surface area contributed by atoms with Gasteiger partial charge in [0, 0.05) is 28.4 Å². The molecular formula is C14H14Cl2N2O. The van der Waals surface area contributed by atoms with E-state index in [0.717, 1.165) is 11.3 Å². The van der Waals surface area contributed by atoms with Gasteiger partial charge in [0.05, 0.1) is 12.3 Å². The van der Waals surface area contributed by atoms with E-state index >= 15 is 0 Å². The van der Waals surface area contributed by atoms with Crippen LogP contribution < -0.4 is 10.1 Å². The lowest BCUT2D eigenvalue weighted by Crippen LogP contribution is -2.04. The lowest BCUT2D eigenvalue weighted by molar-refractivity contribution is 0.328. The van der Waals surface area contributed by atoms with E-state index in [1.165, 1.54) is 0 Å². The number of halogens is 2. The minimum Gasteiger partial charge on any atom is -0.476 e. The van der Waals surface area contributed by atoms with Crippen LogP contribution in [0.5, 0.6) is 5.88 Å². The molecule has 0 bridgehead atoms. The van der Waals surface area contributed by atoms with Gasteiger partial charge in [-0.05, 0) is 31.2 Å². The van der Waals surface area contributed by atoms with Crippen molar-refractivity contribution in [3.05, 3.63) is 52.1 Å². The van der Waals surface area contributed by atoms with E-state index in [0.29, 0.717) is 29.1 Å². The summed E-state index contributed by atoms with van der Waals surface area (Å²) in [5, 5.41) is 4.52. The van der Waals surface area contributed by atoms with E-state index in [9.17, 15) is 0 Å². The third-order valence-electron chi connectivity index (χ3n) is 2.57. The van der Waals surface area contributed by atoms with Gasteiger partial charge in [-0.2, -0.15) is 0 Å². The Balaban J connectivity index is 2.15. The maximum atomic E-state index is 6.13. The molecule has 1 aromatic carbocycles. The number of anilines is 1. The van der Waals surface area contributed by atoms with E-state index in [4.69, 9.17) is 27.9 Å². The zero-order valence-electron chi connectivity index (χ0n) is 10.5. The molecule has 0 radical (unpaired) electrons. The Kier molecular flexibility index (Phi) is 4.88. The molecule has 2 aromatic rings. The highest BCUT2D eigenvalue weighted by Crippen LogP contribution is 2.27. The molecule has 1 N–H and O–H groups in total. The molecule has 0 aliphatic rings. The summed E-state index contributed by atoms with van der Waals surface area (Å²) < 4.78 is 5.45. The Bertz CT molecular complexity index is 541. The molecule has 2 rings (SSSR count). The molecule has 0 amide bonds. The second kappa shape index (κ2) is 6.64. The standard InChI is InChI=1S/C14H14Cl2N2O/c1-2-19-14-13(7-4-8-17-14)18-9-10-11(15)5-3-6-12(10)16/h3-8,18H,2,9H2,1H3. The lowest BCUT2D eigenvalue weighted by Gasteiger charge is -2.12. The number of hydrogen-bond donors (Lipinski definition) is 1. The first-order chi connectivity index (χ1) is 9.22. The van der Waals surface area contributed by atoms with Crippen LogP contribution in [-0.2, 0) is 6.54 Å². The monoisotopic (exact) mass is 296 g/mol. The largest absolute Gasteiger partial charge is 0.476 e. The smallest absolute Gasteiger partial charge is 0.237 e. The van der Waals surface area contributed by atoms with Crippen LogP contribution in [-0.4, -0.2) is 11.6 Å². The van der Waals surface area contributed by atoms with E-state index in [1.807, 2.05) is 37.3 Å². The molecule has 19 heavy (non-hydrogen) atoms. The summed E-state index contributed by atoms with van der Waals surface area (Å²) in [6, 6.07) is 9.21. The summed E-state index contributed by atoms with van der Waals surface area (Å²) in [4.78, 5) is 4.17. The number of ether oxygens (including phenoxy) is 1. The van der Waals surface area contributed by atoms with Crippen molar-refractivity contribution in [1.82, 2.24) is 4.98 Å². The Morgan fingerprint density at radius 1 is 1.16 bits per heavy atom. The maximum Gasteiger partial charge on any atom is 0.237 e. The zero-order chi connectivity index (χ0) is 13.7. The predicted molar refractivity (Wildman–Crippen MR) is 79.2 cm³/mol. The van der Waals surface area contributed by atoms with Crippen molar-refractivity contribution in [3.8, 4) is 5.88 Å². The molecule has 0 saturated carbocycles. The van der Waals surface area contributed by atoms with Crippen molar-refractivity contribution in [2.45, 2.75) is 13.5 Å². The molecule has 0 aliphatic carbocycles. The quantitative estimate of drug-likeness (QED) is 0.888. The van der Waals surface area contributed by atoms with Crippen LogP contribution in [0.1, 0.15) is 12.5 Å². The van der Waals surface area contributed by atoms with Gasteiger partial charge in [-0.3, -0.25) is 0 Å². The highest BCUT2D eigenvalue weighted by atomic mass is 35.5. The first-order valence-corrected chi connectivity index (χ1v) is 6.72. The third kappa shape index (κ3) is 3.52. The predicted octanol–water partition coefficient (Wildman–Crippen LogP) is 4.40.